The lowest BCUT2D eigenvalue weighted by Crippen LogP contribution is -2.27. The fraction of sp³-hybridized carbons (Fsp3) is 0.812. The summed E-state index contributed by atoms with van der Waals surface area (Å²) in [7, 11) is 0. The van der Waals surface area contributed by atoms with Gasteiger partial charge in [0.15, 0.2) is 5.13 Å². The number of aryl methyl sites for hydroxylation is 1. The molecule has 1 aromatic rings. The molecular formula is C16H29N3OS. The van der Waals surface area contributed by atoms with Gasteiger partial charge < -0.3 is 15.0 Å². The number of hydrogen-bond donors (Lipinski definition) is 1. The van der Waals surface area contributed by atoms with E-state index in [9.17, 15) is 0 Å². The van der Waals surface area contributed by atoms with Gasteiger partial charge in [0.05, 0.1) is 12.3 Å². The van der Waals surface area contributed by atoms with Crippen molar-refractivity contribution in [1.82, 2.24) is 10.3 Å². The van der Waals surface area contributed by atoms with Crippen molar-refractivity contribution in [3.63, 3.8) is 0 Å². The quantitative estimate of drug-likeness (QED) is 0.709. The summed E-state index contributed by atoms with van der Waals surface area (Å²) >= 11 is 1.88. The van der Waals surface area contributed by atoms with Gasteiger partial charge in [0.2, 0.25) is 0 Å². The molecule has 1 heterocycles. The van der Waals surface area contributed by atoms with E-state index in [-0.39, 0.29) is 0 Å². The molecule has 0 saturated carbocycles. The summed E-state index contributed by atoms with van der Waals surface area (Å²) in [4.78, 5) is 8.72. The highest BCUT2D eigenvalue weighted by Crippen LogP contribution is 2.37. The summed E-state index contributed by atoms with van der Waals surface area (Å²) in [5.41, 5.74) is 1.32. The van der Waals surface area contributed by atoms with Gasteiger partial charge in [0.1, 0.15) is 0 Å². The van der Waals surface area contributed by atoms with Crippen LogP contribution in [0.3, 0.4) is 0 Å². The minimum Gasteiger partial charge on any atom is -0.380 e. The highest BCUT2D eigenvalue weighted by atomic mass is 32.1. The van der Waals surface area contributed by atoms with Crippen LogP contribution >= 0.6 is 11.3 Å². The number of nitrogens with zero attached hydrogens (tertiary/aromatic N) is 2. The molecule has 0 spiro atoms. The summed E-state index contributed by atoms with van der Waals surface area (Å²) in [5, 5.41) is 4.85. The third-order valence-corrected chi connectivity index (χ3v) is 5.21. The predicted molar refractivity (Wildman–Crippen MR) is 90.5 cm³/mol. The molecule has 1 aliphatic carbocycles. The number of nitrogens with one attached hydrogen (secondary N) is 1. The van der Waals surface area contributed by atoms with Crippen molar-refractivity contribution >= 4 is 16.5 Å². The van der Waals surface area contributed by atoms with E-state index >= 15 is 0 Å². The third kappa shape index (κ3) is 4.41. The first kappa shape index (κ1) is 16.7. The van der Waals surface area contributed by atoms with E-state index in [0.29, 0.717) is 6.04 Å². The van der Waals surface area contributed by atoms with Gasteiger partial charge in [-0.3, -0.25) is 0 Å². The highest BCUT2D eigenvalue weighted by molar-refractivity contribution is 7.15. The second kappa shape index (κ2) is 8.71. The van der Waals surface area contributed by atoms with Crippen molar-refractivity contribution in [2.45, 2.75) is 52.5 Å². The van der Waals surface area contributed by atoms with Gasteiger partial charge in [-0.15, -0.1) is 0 Å². The molecule has 0 amide bonds. The second-order valence-corrected chi connectivity index (χ2v) is 6.49. The summed E-state index contributed by atoms with van der Waals surface area (Å²) in [6, 6.07) is 0.519. The minimum absolute atomic E-state index is 0.519. The average Bonchev–Trinajstić information content (AvgIpc) is 2.94. The lowest BCUT2D eigenvalue weighted by Gasteiger charge is -2.22. The Morgan fingerprint density at radius 1 is 1.38 bits per heavy atom. The summed E-state index contributed by atoms with van der Waals surface area (Å²) in [5.74, 6) is 0. The van der Waals surface area contributed by atoms with Gasteiger partial charge in [0.25, 0.3) is 0 Å². The smallest absolute Gasteiger partial charge is 0.185 e. The average molecular weight is 311 g/mol. The Morgan fingerprint density at radius 3 is 2.95 bits per heavy atom. The maximum atomic E-state index is 5.49. The molecule has 1 atom stereocenters. The molecule has 2 rings (SSSR count). The van der Waals surface area contributed by atoms with Crippen LogP contribution in [0.2, 0.25) is 0 Å². The number of thiazole rings is 1. The normalized spacial score (nSPS) is 17.8. The van der Waals surface area contributed by atoms with E-state index in [2.05, 4.69) is 24.1 Å². The summed E-state index contributed by atoms with van der Waals surface area (Å²) in [6.07, 6.45) is 4.83. The zero-order chi connectivity index (χ0) is 15.1. The largest absolute Gasteiger partial charge is 0.380 e. The molecule has 5 heteroatoms. The first-order valence-electron chi connectivity index (χ1n) is 8.35. The van der Waals surface area contributed by atoms with Crippen LogP contribution in [0.1, 0.15) is 56.6 Å². The highest BCUT2D eigenvalue weighted by Gasteiger charge is 2.25. The lowest BCUT2D eigenvalue weighted by molar-refractivity contribution is 0.154. The SMILES string of the molecule is CCCNC1CCCc2nc(N(CC)CCOCC)sc21. The van der Waals surface area contributed by atoms with Gasteiger partial charge in [-0.05, 0) is 46.1 Å². The Balaban J connectivity index is 2.06. The molecule has 0 aliphatic heterocycles. The van der Waals surface area contributed by atoms with E-state index in [1.165, 1.54) is 35.0 Å². The van der Waals surface area contributed by atoms with Crippen LogP contribution < -0.4 is 10.2 Å². The zero-order valence-corrected chi connectivity index (χ0v) is 14.5. The minimum atomic E-state index is 0.519. The molecular weight excluding hydrogens is 282 g/mol. The van der Waals surface area contributed by atoms with Crippen LogP contribution in [0, 0.1) is 0 Å². The van der Waals surface area contributed by atoms with Gasteiger partial charge in [0, 0.05) is 30.6 Å². The maximum Gasteiger partial charge on any atom is 0.185 e. The molecule has 1 N–H and O–H groups in total. The van der Waals surface area contributed by atoms with Gasteiger partial charge in [-0.1, -0.05) is 18.3 Å². The first-order chi connectivity index (χ1) is 10.3. The van der Waals surface area contributed by atoms with Crippen molar-refractivity contribution in [3.05, 3.63) is 10.6 Å². The standard InChI is InChI=1S/C16H29N3OS/c1-4-10-17-13-8-7-9-14-15(13)21-16(18-14)19(5-2)11-12-20-6-3/h13,17H,4-12H2,1-3H3. The van der Waals surface area contributed by atoms with Crippen molar-refractivity contribution in [1.29, 1.82) is 0 Å². The number of fused-ring (bicyclic) bond motifs is 1. The van der Waals surface area contributed by atoms with Crippen LogP contribution in [0.5, 0.6) is 0 Å². The molecule has 0 aromatic carbocycles. The lowest BCUT2D eigenvalue weighted by atomic mass is 9.98. The van der Waals surface area contributed by atoms with E-state index < -0.39 is 0 Å². The van der Waals surface area contributed by atoms with E-state index in [1.54, 1.807) is 0 Å². The van der Waals surface area contributed by atoms with Crippen LogP contribution in [0.25, 0.3) is 0 Å². The number of aromatic nitrogens is 1. The zero-order valence-electron chi connectivity index (χ0n) is 13.7. The number of hydrogen-bond acceptors (Lipinski definition) is 5. The molecule has 120 valence electrons. The Labute approximate surface area is 132 Å². The van der Waals surface area contributed by atoms with E-state index in [1.807, 2.05) is 18.3 Å². The molecule has 1 aromatic heterocycles. The van der Waals surface area contributed by atoms with Crippen molar-refractivity contribution in [2.24, 2.45) is 0 Å². The molecule has 4 nitrogen and oxygen atoms in total. The Kier molecular flexibility index (Phi) is 6.93. The maximum absolute atomic E-state index is 5.49. The fourth-order valence-electron chi connectivity index (χ4n) is 2.76. The Morgan fingerprint density at radius 2 is 2.24 bits per heavy atom. The number of likely N-dealkylation sites (N-methyl/N-ethyl adjacent to an activating group) is 1. The van der Waals surface area contributed by atoms with Crippen molar-refractivity contribution in [3.8, 4) is 0 Å². The Hall–Kier alpha value is -0.650. The van der Waals surface area contributed by atoms with Crippen LogP contribution in [-0.2, 0) is 11.2 Å². The monoisotopic (exact) mass is 311 g/mol. The van der Waals surface area contributed by atoms with Crippen LogP contribution in [0.4, 0.5) is 5.13 Å². The molecule has 0 fully saturated rings. The molecule has 21 heavy (non-hydrogen) atoms. The fourth-order valence-corrected chi connectivity index (χ4v) is 4.07. The van der Waals surface area contributed by atoms with Gasteiger partial charge in [-0.2, -0.15) is 0 Å². The van der Waals surface area contributed by atoms with Gasteiger partial charge in [-0.25, -0.2) is 4.98 Å². The second-order valence-electron chi connectivity index (χ2n) is 5.48. The topological polar surface area (TPSA) is 37.4 Å². The molecule has 1 unspecified atom stereocenters. The Bertz CT molecular complexity index is 422. The number of ether oxygens (including phenoxy) is 1. The third-order valence-electron chi connectivity index (χ3n) is 3.94. The summed E-state index contributed by atoms with van der Waals surface area (Å²) in [6.45, 7) is 11.1. The molecule has 1 aliphatic rings. The van der Waals surface area contributed by atoms with Crippen molar-refractivity contribution in [2.75, 3.05) is 37.7 Å². The van der Waals surface area contributed by atoms with Crippen LogP contribution in [0.15, 0.2) is 0 Å². The molecule has 0 radical (unpaired) electrons. The number of anilines is 1. The predicted octanol–water partition coefficient (Wildman–Crippen LogP) is 3.38. The van der Waals surface area contributed by atoms with Gasteiger partial charge >= 0.3 is 0 Å². The summed E-state index contributed by atoms with van der Waals surface area (Å²) < 4.78 is 5.49. The molecule has 0 bridgehead atoms. The molecule has 0 saturated heterocycles. The number of rotatable bonds is 9. The van der Waals surface area contributed by atoms with E-state index in [4.69, 9.17) is 9.72 Å². The van der Waals surface area contributed by atoms with Crippen LogP contribution in [-0.4, -0.2) is 37.8 Å². The first-order valence-corrected chi connectivity index (χ1v) is 9.17. The van der Waals surface area contributed by atoms with Crippen molar-refractivity contribution < 1.29 is 4.74 Å². The van der Waals surface area contributed by atoms with E-state index in [0.717, 1.165) is 39.3 Å².